The van der Waals surface area contributed by atoms with Crippen molar-refractivity contribution in [1.29, 1.82) is 0 Å². The van der Waals surface area contributed by atoms with Crippen LogP contribution in [-0.4, -0.2) is 32.6 Å². The highest BCUT2D eigenvalue weighted by Crippen LogP contribution is 2.36. The van der Waals surface area contributed by atoms with Crippen molar-refractivity contribution in [3.63, 3.8) is 0 Å². The zero-order chi connectivity index (χ0) is 21.0. The molecule has 4 aromatic rings. The first-order valence-electron chi connectivity index (χ1n) is 9.72. The Bertz CT molecular complexity index is 1170. The maximum Gasteiger partial charge on any atom is 0.277 e. The van der Waals surface area contributed by atoms with Crippen LogP contribution in [-0.2, 0) is 11.2 Å². The van der Waals surface area contributed by atoms with Crippen LogP contribution in [0.1, 0.15) is 33.7 Å². The van der Waals surface area contributed by atoms with Gasteiger partial charge in [-0.15, -0.1) is 32.9 Å². The van der Waals surface area contributed by atoms with Crippen LogP contribution in [0.3, 0.4) is 0 Å². The summed E-state index contributed by atoms with van der Waals surface area (Å²) in [6.45, 7) is 0. The van der Waals surface area contributed by atoms with Crippen LogP contribution in [0, 0.1) is 0 Å². The number of thioether (sulfide) groups is 1. The summed E-state index contributed by atoms with van der Waals surface area (Å²) in [5.41, 5.74) is 2.06. The summed E-state index contributed by atoms with van der Waals surface area (Å²) in [4.78, 5) is 15.3. The molecular formula is C22H18N4O2S3. The Hall–Kier alpha value is -2.75. The zero-order valence-corrected chi connectivity index (χ0v) is 18.8. The first-order valence-corrected chi connectivity index (χ1v) is 12.5. The quantitative estimate of drug-likeness (QED) is 0.348. The molecule has 5 rings (SSSR count). The summed E-state index contributed by atoms with van der Waals surface area (Å²) >= 11 is 4.54. The largest absolute Gasteiger partial charge is 0.416 e. The molecule has 0 saturated heterocycles. The average molecular weight is 467 g/mol. The highest BCUT2D eigenvalue weighted by Gasteiger charge is 2.34. The topological polar surface area (TPSA) is 71.6 Å². The Morgan fingerprint density at radius 3 is 2.68 bits per heavy atom. The van der Waals surface area contributed by atoms with Gasteiger partial charge < -0.3 is 4.42 Å². The van der Waals surface area contributed by atoms with E-state index >= 15 is 0 Å². The molecule has 0 bridgehead atoms. The fraction of sp³-hybridized carbons (Fsp3) is 0.182. The molecule has 0 N–H and O–H groups in total. The third-order valence-electron chi connectivity index (χ3n) is 4.81. The molecule has 0 saturated carbocycles. The third-order valence-corrected chi connectivity index (χ3v) is 7.50. The smallest absolute Gasteiger partial charge is 0.277 e. The van der Waals surface area contributed by atoms with Gasteiger partial charge in [0.25, 0.3) is 11.1 Å². The molecule has 9 heteroatoms. The summed E-state index contributed by atoms with van der Waals surface area (Å²) in [7, 11) is 0. The van der Waals surface area contributed by atoms with Gasteiger partial charge in [-0.3, -0.25) is 4.79 Å². The van der Waals surface area contributed by atoms with Crippen molar-refractivity contribution in [3.05, 3.63) is 86.6 Å². The lowest BCUT2D eigenvalue weighted by Crippen LogP contribution is -2.28. The van der Waals surface area contributed by atoms with Gasteiger partial charge in [0, 0.05) is 11.3 Å². The van der Waals surface area contributed by atoms with E-state index in [9.17, 15) is 4.79 Å². The summed E-state index contributed by atoms with van der Waals surface area (Å²) in [6, 6.07) is 18.0. The van der Waals surface area contributed by atoms with Crippen LogP contribution in [0.25, 0.3) is 0 Å². The van der Waals surface area contributed by atoms with E-state index in [1.807, 2.05) is 59.3 Å². The molecule has 4 heterocycles. The van der Waals surface area contributed by atoms with Crippen LogP contribution in [0.2, 0.25) is 0 Å². The zero-order valence-electron chi connectivity index (χ0n) is 16.4. The molecule has 0 radical (unpaired) electrons. The van der Waals surface area contributed by atoms with Gasteiger partial charge in [0.05, 0.1) is 28.8 Å². The van der Waals surface area contributed by atoms with Gasteiger partial charge in [-0.1, -0.05) is 54.2 Å². The highest BCUT2D eigenvalue weighted by atomic mass is 32.2. The first kappa shape index (κ1) is 20.2. The Labute approximate surface area is 191 Å². The number of rotatable bonds is 7. The van der Waals surface area contributed by atoms with Crippen LogP contribution in [0.4, 0.5) is 0 Å². The van der Waals surface area contributed by atoms with Crippen LogP contribution >= 0.6 is 34.4 Å². The second kappa shape index (κ2) is 9.17. The molecule has 1 aliphatic rings. The summed E-state index contributed by atoms with van der Waals surface area (Å²) in [5, 5.41) is 18.9. The van der Waals surface area contributed by atoms with Crippen molar-refractivity contribution in [3.8, 4) is 0 Å². The minimum absolute atomic E-state index is 0.0680. The van der Waals surface area contributed by atoms with E-state index in [0.717, 1.165) is 27.5 Å². The SMILES string of the molecule is O=C(CSc1nnc(Cc2ccccc2)o1)N1N=C(c2cccs2)C[C@@H]1c1cccs1. The Balaban J connectivity index is 1.26. The van der Waals surface area contributed by atoms with Crippen LogP contribution in [0.5, 0.6) is 0 Å². The molecule has 1 atom stereocenters. The number of amides is 1. The van der Waals surface area contributed by atoms with E-state index in [0.29, 0.717) is 17.5 Å². The van der Waals surface area contributed by atoms with E-state index in [-0.39, 0.29) is 17.7 Å². The molecule has 6 nitrogen and oxygen atoms in total. The van der Waals surface area contributed by atoms with E-state index in [4.69, 9.17) is 4.42 Å². The Morgan fingerprint density at radius 2 is 1.90 bits per heavy atom. The molecule has 0 aliphatic carbocycles. The van der Waals surface area contributed by atoms with Crippen molar-refractivity contribution in [2.75, 3.05) is 5.75 Å². The van der Waals surface area contributed by atoms with Gasteiger partial charge in [-0.2, -0.15) is 5.10 Å². The van der Waals surface area contributed by atoms with E-state index < -0.39 is 0 Å². The van der Waals surface area contributed by atoms with Gasteiger partial charge in [0.15, 0.2) is 0 Å². The summed E-state index contributed by atoms with van der Waals surface area (Å²) in [6.07, 6.45) is 1.29. The van der Waals surface area contributed by atoms with Crippen molar-refractivity contribution in [1.82, 2.24) is 15.2 Å². The van der Waals surface area contributed by atoms with Crippen LogP contribution in [0.15, 0.2) is 80.1 Å². The lowest BCUT2D eigenvalue weighted by atomic mass is 10.1. The molecule has 156 valence electrons. The fourth-order valence-corrected chi connectivity index (χ4v) is 5.53. The lowest BCUT2D eigenvalue weighted by molar-refractivity contribution is -0.130. The Morgan fingerprint density at radius 1 is 1.06 bits per heavy atom. The summed E-state index contributed by atoms with van der Waals surface area (Å²) < 4.78 is 5.72. The van der Waals surface area contributed by atoms with Gasteiger partial charge in [-0.05, 0) is 28.5 Å². The normalized spacial score (nSPS) is 15.9. The molecular weight excluding hydrogens is 448 g/mol. The molecule has 1 aromatic carbocycles. The number of carbonyl (C=O) groups is 1. The van der Waals surface area contributed by atoms with E-state index in [1.54, 1.807) is 27.7 Å². The summed E-state index contributed by atoms with van der Waals surface area (Å²) in [5.74, 6) is 0.658. The molecule has 31 heavy (non-hydrogen) atoms. The number of benzene rings is 1. The first-order chi connectivity index (χ1) is 15.3. The minimum atomic E-state index is -0.0715. The number of carbonyl (C=O) groups excluding carboxylic acids is 1. The predicted octanol–water partition coefficient (Wildman–Crippen LogP) is 5.25. The van der Waals surface area contributed by atoms with Gasteiger partial charge in [-0.25, -0.2) is 5.01 Å². The molecule has 1 amide bonds. The predicted molar refractivity (Wildman–Crippen MR) is 124 cm³/mol. The standard InChI is InChI=1S/C22H18N4O2S3/c27-21(14-31-22-24-23-20(28-22)12-15-6-2-1-3-7-15)26-17(19-9-5-11-30-19)13-16(25-26)18-8-4-10-29-18/h1-11,17H,12-14H2/t17-/m1/s1. The van der Waals surface area contributed by atoms with Crippen molar-refractivity contribution in [2.24, 2.45) is 5.10 Å². The number of thiophene rings is 2. The molecule has 0 fully saturated rings. The molecule has 1 aliphatic heterocycles. The maximum atomic E-state index is 13.1. The van der Waals surface area contributed by atoms with Crippen molar-refractivity contribution >= 4 is 46.1 Å². The number of nitrogens with zero attached hydrogens (tertiary/aromatic N) is 4. The van der Waals surface area contributed by atoms with E-state index in [2.05, 4.69) is 21.4 Å². The highest BCUT2D eigenvalue weighted by molar-refractivity contribution is 7.99. The number of hydrogen-bond donors (Lipinski definition) is 0. The molecule has 0 spiro atoms. The van der Waals surface area contributed by atoms with Crippen molar-refractivity contribution in [2.45, 2.75) is 24.1 Å². The number of hydrazone groups is 1. The number of aromatic nitrogens is 2. The lowest BCUT2D eigenvalue weighted by Gasteiger charge is -2.20. The van der Waals surface area contributed by atoms with E-state index in [1.165, 1.54) is 11.8 Å². The van der Waals surface area contributed by atoms with Crippen molar-refractivity contribution < 1.29 is 9.21 Å². The second-order valence-electron chi connectivity index (χ2n) is 6.91. The molecule has 3 aromatic heterocycles. The Kier molecular flexibility index (Phi) is 5.97. The monoisotopic (exact) mass is 466 g/mol. The number of hydrogen-bond acceptors (Lipinski definition) is 8. The second-order valence-corrected chi connectivity index (χ2v) is 9.76. The average Bonchev–Trinajstić information content (AvgIpc) is 3.59. The van der Waals surface area contributed by atoms with Crippen LogP contribution < -0.4 is 0 Å². The maximum absolute atomic E-state index is 13.1. The third kappa shape index (κ3) is 4.63. The van der Waals surface area contributed by atoms with Gasteiger partial charge in [0.1, 0.15) is 0 Å². The minimum Gasteiger partial charge on any atom is -0.416 e. The molecule has 0 unspecified atom stereocenters. The van der Waals surface area contributed by atoms with Gasteiger partial charge in [0.2, 0.25) is 5.89 Å². The fourth-order valence-electron chi connectivity index (χ4n) is 3.36. The van der Waals surface area contributed by atoms with Gasteiger partial charge >= 0.3 is 0 Å².